The van der Waals surface area contributed by atoms with Crippen LogP contribution in [0.1, 0.15) is 33.3 Å². The molecule has 0 saturated carbocycles. The van der Waals surface area contributed by atoms with E-state index in [-0.39, 0.29) is 12.5 Å². The molecule has 0 aliphatic heterocycles. The number of benzene rings is 1. The maximum atomic E-state index is 14.0. The quantitative estimate of drug-likeness (QED) is 0.803. The Morgan fingerprint density at radius 2 is 2.00 bits per heavy atom. The predicted octanol–water partition coefficient (Wildman–Crippen LogP) is 2.11. The Hall–Kier alpha value is -0.905. The van der Waals surface area contributed by atoms with Crippen LogP contribution < -0.4 is 5.46 Å². The molecule has 106 valence electrons. The molecule has 0 aliphatic rings. The summed E-state index contributed by atoms with van der Waals surface area (Å²) in [6, 6.07) is 4.55. The molecule has 0 saturated heterocycles. The van der Waals surface area contributed by atoms with Crippen LogP contribution in [0.5, 0.6) is 0 Å². The molecule has 0 unspecified atom stereocenters. The number of aliphatic hydroxyl groups is 1. The Morgan fingerprint density at radius 1 is 1.37 bits per heavy atom. The van der Waals surface area contributed by atoms with Crippen molar-refractivity contribution in [2.24, 2.45) is 5.92 Å². The lowest BCUT2D eigenvalue weighted by molar-refractivity contribution is 0.0369. The third-order valence-corrected chi connectivity index (χ3v) is 3.52. The first-order valence-corrected chi connectivity index (χ1v) is 6.41. The largest absolute Gasteiger partial charge is 0.497 e. The number of hydrogen-bond donors (Lipinski definition) is 1. The molecule has 3 nitrogen and oxygen atoms in total. The lowest BCUT2D eigenvalue weighted by Crippen LogP contribution is -2.46. The first-order valence-electron chi connectivity index (χ1n) is 6.41. The standard InChI is InChI=1S/C14H22BFO3/c1-10(2)14(3,4)19-15(18-5)12-7-6-11(9-17)8-13(12)16/h6-8,10,17H,9H2,1-5H3. The van der Waals surface area contributed by atoms with Crippen LogP contribution in [0.3, 0.4) is 0 Å². The second-order valence-electron chi connectivity index (χ2n) is 5.46. The molecule has 5 heteroatoms. The van der Waals surface area contributed by atoms with Crippen LogP contribution in [-0.4, -0.2) is 24.9 Å². The predicted molar refractivity (Wildman–Crippen MR) is 74.7 cm³/mol. The van der Waals surface area contributed by atoms with Gasteiger partial charge in [0.15, 0.2) is 0 Å². The maximum Gasteiger partial charge on any atom is 0.497 e. The Balaban J connectivity index is 2.98. The van der Waals surface area contributed by atoms with E-state index in [4.69, 9.17) is 14.4 Å². The van der Waals surface area contributed by atoms with Crippen LogP contribution in [0.15, 0.2) is 18.2 Å². The molecule has 1 aromatic carbocycles. The first kappa shape index (κ1) is 16.2. The van der Waals surface area contributed by atoms with Crippen molar-refractivity contribution >= 4 is 12.6 Å². The zero-order valence-electron chi connectivity index (χ0n) is 12.2. The second kappa shape index (κ2) is 6.50. The van der Waals surface area contributed by atoms with Gasteiger partial charge < -0.3 is 14.4 Å². The average molecular weight is 268 g/mol. The van der Waals surface area contributed by atoms with Crippen LogP contribution in [0.25, 0.3) is 0 Å². The topological polar surface area (TPSA) is 38.7 Å². The van der Waals surface area contributed by atoms with Crippen molar-refractivity contribution in [2.75, 3.05) is 7.11 Å². The van der Waals surface area contributed by atoms with E-state index < -0.39 is 18.5 Å². The van der Waals surface area contributed by atoms with E-state index in [1.54, 1.807) is 12.1 Å². The van der Waals surface area contributed by atoms with E-state index in [0.717, 1.165) is 0 Å². The van der Waals surface area contributed by atoms with Crippen molar-refractivity contribution in [1.82, 2.24) is 0 Å². The molecule has 19 heavy (non-hydrogen) atoms. The highest BCUT2D eigenvalue weighted by molar-refractivity contribution is 6.61. The summed E-state index contributed by atoms with van der Waals surface area (Å²) in [6.07, 6.45) is 0. The molecule has 0 atom stereocenters. The highest BCUT2D eigenvalue weighted by atomic mass is 19.1. The minimum atomic E-state index is -0.759. The minimum absolute atomic E-state index is 0.187. The summed E-state index contributed by atoms with van der Waals surface area (Å²) < 4.78 is 25.1. The summed E-state index contributed by atoms with van der Waals surface area (Å²) in [5, 5.41) is 8.98. The molecule has 1 aromatic rings. The van der Waals surface area contributed by atoms with Crippen LogP contribution in [-0.2, 0) is 15.9 Å². The van der Waals surface area contributed by atoms with E-state index in [1.807, 2.05) is 27.7 Å². The van der Waals surface area contributed by atoms with Crippen molar-refractivity contribution in [3.63, 3.8) is 0 Å². The van der Waals surface area contributed by atoms with Crippen LogP contribution >= 0.6 is 0 Å². The summed E-state index contributed by atoms with van der Waals surface area (Å²) >= 11 is 0. The van der Waals surface area contributed by atoms with Crippen LogP contribution in [0.2, 0.25) is 0 Å². The third-order valence-electron chi connectivity index (χ3n) is 3.52. The molecule has 0 heterocycles. The molecule has 0 fully saturated rings. The van der Waals surface area contributed by atoms with Gasteiger partial charge in [-0.1, -0.05) is 26.0 Å². The van der Waals surface area contributed by atoms with Crippen molar-refractivity contribution in [1.29, 1.82) is 0 Å². The Kier molecular flexibility index (Phi) is 5.53. The fourth-order valence-corrected chi connectivity index (χ4v) is 1.51. The molecule has 0 amide bonds. The van der Waals surface area contributed by atoms with Crippen LogP contribution in [0, 0.1) is 11.7 Å². The van der Waals surface area contributed by atoms with E-state index >= 15 is 0 Å². The Morgan fingerprint density at radius 3 is 2.42 bits per heavy atom. The van der Waals surface area contributed by atoms with Gasteiger partial charge >= 0.3 is 7.12 Å². The number of aliphatic hydroxyl groups excluding tert-OH is 1. The molecule has 0 spiro atoms. The summed E-state index contributed by atoms with van der Waals surface area (Å²) in [5.41, 5.74) is 0.440. The number of halogens is 1. The average Bonchev–Trinajstić information content (AvgIpc) is 2.36. The fourth-order valence-electron chi connectivity index (χ4n) is 1.51. The van der Waals surface area contributed by atoms with Crippen molar-refractivity contribution in [3.8, 4) is 0 Å². The summed E-state index contributed by atoms with van der Waals surface area (Å²) in [5.74, 6) is -0.164. The molecule has 0 aliphatic carbocycles. The van der Waals surface area contributed by atoms with Crippen LogP contribution in [0.4, 0.5) is 4.39 Å². The molecular formula is C14H22BFO3. The Bertz CT molecular complexity index is 421. The second-order valence-corrected chi connectivity index (χ2v) is 5.46. The minimum Gasteiger partial charge on any atom is -0.410 e. The van der Waals surface area contributed by atoms with Gasteiger partial charge in [0.1, 0.15) is 5.82 Å². The van der Waals surface area contributed by atoms with Gasteiger partial charge in [-0.2, -0.15) is 0 Å². The van der Waals surface area contributed by atoms with E-state index in [0.29, 0.717) is 11.0 Å². The van der Waals surface area contributed by atoms with Gasteiger partial charge in [0.2, 0.25) is 0 Å². The van der Waals surface area contributed by atoms with Gasteiger partial charge in [-0.05, 0) is 31.4 Å². The first-order chi connectivity index (χ1) is 8.81. The molecule has 0 radical (unpaired) electrons. The normalized spacial score (nSPS) is 12.0. The van der Waals surface area contributed by atoms with Crippen molar-refractivity contribution < 1.29 is 18.8 Å². The van der Waals surface area contributed by atoms with Gasteiger partial charge in [-0.25, -0.2) is 4.39 Å². The third kappa shape index (κ3) is 4.03. The van der Waals surface area contributed by atoms with Gasteiger partial charge in [0.25, 0.3) is 0 Å². The molecule has 0 aromatic heterocycles. The molecule has 0 bridgehead atoms. The maximum absolute atomic E-state index is 14.0. The summed E-state index contributed by atoms with van der Waals surface area (Å²) in [7, 11) is 0.727. The summed E-state index contributed by atoms with van der Waals surface area (Å²) in [4.78, 5) is 0. The molecule has 1 N–H and O–H groups in total. The Labute approximate surface area is 114 Å². The molecular weight excluding hydrogens is 246 g/mol. The van der Waals surface area contributed by atoms with Crippen molar-refractivity contribution in [3.05, 3.63) is 29.6 Å². The van der Waals surface area contributed by atoms with Gasteiger partial charge in [0.05, 0.1) is 12.2 Å². The smallest absolute Gasteiger partial charge is 0.410 e. The zero-order chi connectivity index (χ0) is 14.6. The lowest BCUT2D eigenvalue weighted by atomic mass is 9.76. The highest BCUT2D eigenvalue weighted by Crippen LogP contribution is 2.21. The number of rotatable bonds is 6. The van der Waals surface area contributed by atoms with E-state index in [9.17, 15) is 4.39 Å². The number of hydrogen-bond acceptors (Lipinski definition) is 3. The summed E-state index contributed by atoms with van der Waals surface area (Å²) in [6.45, 7) is 7.79. The van der Waals surface area contributed by atoms with E-state index in [2.05, 4.69) is 0 Å². The van der Waals surface area contributed by atoms with Gasteiger partial charge in [-0.3, -0.25) is 0 Å². The SMILES string of the molecule is COB(OC(C)(C)C(C)C)c1ccc(CO)cc1F. The fraction of sp³-hybridized carbons (Fsp3) is 0.571. The van der Waals surface area contributed by atoms with E-state index in [1.165, 1.54) is 13.2 Å². The lowest BCUT2D eigenvalue weighted by Gasteiger charge is -2.32. The zero-order valence-corrected chi connectivity index (χ0v) is 12.2. The highest BCUT2D eigenvalue weighted by Gasteiger charge is 2.33. The van der Waals surface area contributed by atoms with Gasteiger partial charge in [-0.15, -0.1) is 0 Å². The monoisotopic (exact) mass is 268 g/mol. The molecule has 1 rings (SSSR count). The van der Waals surface area contributed by atoms with Gasteiger partial charge in [0, 0.05) is 12.6 Å². The van der Waals surface area contributed by atoms with Crippen molar-refractivity contribution in [2.45, 2.75) is 39.9 Å².